The number of phenols is 1. The molecule has 2 aliphatic heterocycles. The van der Waals surface area contributed by atoms with Gasteiger partial charge in [-0.3, -0.25) is 38.4 Å². The van der Waals surface area contributed by atoms with E-state index in [0.29, 0.717) is 55.5 Å². The number of likely N-dealkylation sites (N-methyl/N-ethyl adjacent to an activating group) is 1. The Morgan fingerprint density at radius 1 is 0.897 bits per heavy atom. The standard InChI is InChI=1S/C50H57ClN8O9/c1-28-45(63)57-40(47(65)55-29(2)49(67)59-23-7-5-9-41(59)44(53)62)25-30-10-21-42(61)38(24-30)37-26-34(15-16-35(37)27-60)43(48(66)54-28)58(3)50(68)39(8-4-6-22-52)56-46(64)33-13-11-31(12-14-33)32-17-19-36(51)20-18-32/h10-21,24,26-29,39-41,43,61H,4-9,22-23,25,52H2,1-3H3,(H2,53,62)(H,54,66)(H,55,65)(H,56,64)(H,57,63). The molecule has 4 aromatic rings. The van der Waals surface area contributed by atoms with Gasteiger partial charge in [-0.25, -0.2) is 0 Å². The SMILES string of the molecule is CC1NC(=O)C(N(C)C(=O)C(CCCCN)NC(=O)c2ccc(-c3ccc(Cl)cc3)cc2)c2ccc(C=O)c(c2)-c2cc(ccc2O)CC(C(=O)NC(C)C(=O)N2CCCCC2C(N)=O)NC1=O. The first-order valence-electron chi connectivity index (χ1n) is 22.6. The van der Waals surface area contributed by atoms with Crippen molar-refractivity contribution in [1.29, 1.82) is 0 Å². The molecule has 4 bridgehead atoms. The summed E-state index contributed by atoms with van der Waals surface area (Å²) >= 11 is 6.06. The van der Waals surface area contributed by atoms with Crippen LogP contribution in [-0.4, -0.2) is 113 Å². The van der Waals surface area contributed by atoms with Gasteiger partial charge in [0.15, 0.2) is 6.29 Å². The molecule has 2 aliphatic rings. The lowest BCUT2D eigenvalue weighted by Crippen LogP contribution is -2.59. The zero-order chi connectivity index (χ0) is 49.2. The van der Waals surface area contributed by atoms with E-state index in [1.54, 1.807) is 36.4 Å². The number of phenolic OH excluding ortho intramolecular Hbond substituents is 1. The quantitative estimate of drug-likeness (QED) is 0.0715. The van der Waals surface area contributed by atoms with E-state index in [-0.39, 0.29) is 53.0 Å². The number of aromatic hydroxyl groups is 1. The predicted octanol–water partition coefficient (Wildman–Crippen LogP) is 3.54. The van der Waals surface area contributed by atoms with Crippen LogP contribution in [0.5, 0.6) is 5.75 Å². The average molecular weight is 950 g/mol. The number of carbonyl (C=O) groups excluding carboxylic acids is 8. The molecule has 0 aromatic heterocycles. The van der Waals surface area contributed by atoms with Crippen molar-refractivity contribution in [3.8, 4) is 28.0 Å². The molecule has 4 aromatic carbocycles. The largest absolute Gasteiger partial charge is 0.507 e. The van der Waals surface area contributed by atoms with Crippen molar-refractivity contribution in [3.05, 3.63) is 112 Å². The minimum absolute atomic E-state index is 0.130. The Kier molecular flexibility index (Phi) is 16.7. The molecule has 1 saturated heterocycles. The summed E-state index contributed by atoms with van der Waals surface area (Å²) < 4.78 is 0. The maximum Gasteiger partial charge on any atom is 0.251 e. The number of primary amides is 1. The Balaban J connectivity index is 1.31. The fraction of sp³-hybridized carbons (Fsp3) is 0.360. The number of fused-ring (bicyclic) bond motifs is 5. The summed E-state index contributed by atoms with van der Waals surface area (Å²) in [5.74, 6) is -4.99. The van der Waals surface area contributed by atoms with Gasteiger partial charge in [-0.1, -0.05) is 54.1 Å². The van der Waals surface area contributed by atoms with Crippen LogP contribution in [0.15, 0.2) is 84.9 Å². The van der Waals surface area contributed by atoms with Crippen molar-refractivity contribution >= 4 is 59.2 Å². The third kappa shape index (κ3) is 11.9. The second-order valence-electron chi connectivity index (χ2n) is 17.2. The van der Waals surface area contributed by atoms with E-state index in [0.717, 1.165) is 16.0 Å². The predicted molar refractivity (Wildman–Crippen MR) is 255 cm³/mol. The normalized spacial score (nSPS) is 19.2. The first-order chi connectivity index (χ1) is 32.5. The number of aldehydes is 1. The molecule has 358 valence electrons. The van der Waals surface area contributed by atoms with Crippen LogP contribution in [0.25, 0.3) is 22.3 Å². The third-order valence-electron chi connectivity index (χ3n) is 12.4. The van der Waals surface area contributed by atoms with Crippen LogP contribution < -0.4 is 32.7 Å². The summed E-state index contributed by atoms with van der Waals surface area (Å²) in [6, 6.07) is 15.7. The molecule has 6 unspecified atom stereocenters. The highest BCUT2D eigenvalue weighted by atomic mass is 35.5. The maximum atomic E-state index is 14.7. The number of piperidine rings is 1. The molecule has 0 spiro atoms. The minimum Gasteiger partial charge on any atom is -0.507 e. The number of nitrogens with zero attached hydrogens (tertiary/aromatic N) is 2. The van der Waals surface area contributed by atoms with Crippen molar-refractivity contribution in [3.63, 3.8) is 0 Å². The van der Waals surface area contributed by atoms with Crippen molar-refractivity contribution in [2.45, 2.75) is 95.0 Å². The first-order valence-corrected chi connectivity index (χ1v) is 22.9. The molecule has 17 nitrogen and oxygen atoms in total. The molecule has 68 heavy (non-hydrogen) atoms. The molecule has 1 fully saturated rings. The number of nitrogens with two attached hydrogens (primary N) is 2. The van der Waals surface area contributed by atoms with Crippen molar-refractivity contribution in [2.75, 3.05) is 20.1 Å². The van der Waals surface area contributed by atoms with E-state index in [9.17, 15) is 43.5 Å². The Bertz CT molecular complexity index is 2550. The molecule has 7 amide bonds. The van der Waals surface area contributed by atoms with Gasteiger partial charge < -0.3 is 47.6 Å². The summed E-state index contributed by atoms with van der Waals surface area (Å²) in [5, 5.41) is 22.7. The van der Waals surface area contributed by atoms with Crippen LogP contribution in [0.2, 0.25) is 5.02 Å². The highest BCUT2D eigenvalue weighted by Crippen LogP contribution is 2.36. The summed E-state index contributed by atoms with van der Waals surface area (Å²) in [7, 11) is 1.38. The van der Waals surface area contributed by atoms with Crippen LogP contribution in [0, 0.1) is 0 Å². The van der Waals surface area contributed by atoms with E-state index in [1.807, 2.05) is 12.1 Å². The number of likely N-dealkylation sites (tertiary alicyclic amines) is 1. The molecule has 6 rings (SSSR count). The van der Waals surface area contributed by atoms with Gasteiger partial charge in [-0.15, -0.1) is 0 Å². The first kappa shape index (κ1) is 50.3. The number of benzene rings is 4. The summed E-state index contributed by atoms with van der Waals surface area (Å²) in [6.07, 6.45) is 3.32. The van der Waals surface area contributed by atoms with Gasteiger partial charge in [0, 0.05) is 41.7 Å². The van der Waals surface area contributed by atoms with Gasteiger partial charge in [0.1, 0.15) is 42.0 Å². The van der Waals surface area contributed by atoms with Crippen molar-refractivity contribution in [1.82, 2.24) is 31.1 Å². The highest BCUT2D eigenvalue weighted by Gasteiger charge is 2.37. The van der Waals surface area contributed by atoms with Crippen LogP contribution in [0.3, 0.4) is 0 Å². The molecular weight excluding hydrogens is 892 g/mol. The molecule has 0 radical (unpaired) electrons. The fourth-order valence-electron chi connectivity index (χ4n) is 8.59. The highest BCUT2D eigenvalue weighted by molar-refractivity contribution is 6.30. The van der Waals surface area contributed by atoms with E-state index in [4.69, 9.17) is 23.1 Å². The Morgan fingerprint density at radius 2 is 1.59 bits per heavy atom. The summed E-state index contributed by atoms with van der Waals surface area (Å²) in [6.45, 7) is 3.46. The molecule has 0 saturated carbocycles. The number of unbranched alkanes of at least 4 members (excludes halogenated alkanes) is 1. The number of hydrogen-bond donors (Lipinski definition) is 7. The van der Waals surface area contributed by atoms with Gasteiger partial charge >= 0.3 is 0 Å². The van der Waals surface area contributed by atoms with Crippen LogP contribution in [0.4, 0.5) is 0 Å². The Morgan fingerprint density at radius 3 is 2.25 bits per heavy atom. The summed E-state index contributed by atoms with van der Waals surface area (Å²) in [4.78, 5) is 112. The third-order valence-corrected chi connectivity index (χ3v) is 12.6. The molecule has 2 heterocycles. The number of hydrogen-bond acceptors (Lipinski definition) is 10. The topological polar surface area (TPSA) is 263 Å². The van der Waals surface area contributed by atoms with Crippen molar-refractivity contribution in [2.24, 2.45) is 11.5 Å². The lowest BCUT2D eigenvalue weighted by molar-refractivity contribution is -0.144. The number of amides is 7. The van der Waals surface area contributed by atoms with E-state index >= 15 is 0 Å². The van der Waals surface area contributed by atoms with E-state index in [2.05, 4.69) is 21.3 Å². The number of halogens is 1. The molecule has 9 N–H and O–H groups in total. The molecule has 0 aliphatic carbocycles. The van der Waals surface area contributed by atoms with Gasteiger partial charge in [0.05, 0.1) is 0 Å². The fourth-order valence-corrected chi connectivity index (χ4v) is 8.72. The lowest BCUT2D eigenvalue weighted by atomic mass is 9.91. The van der Waals surface area contributed by atoms with Crippen LogP contribution >= 0.6 is 11.6 Å². The van der Waals surface area contributed by atoms with Gasteiger partial charge in [-0.2, -0.15) is 0 Å². The molecular formula is C50H57ClN8O9. The average Bonchev–Trinajstić information content (AvgIpc) is 3.33. The monoisotopic (exact) mass is 948 g/mol. The second-order valence-corrected chi connectivity index (χ2v) is 17.7. The number of nitrogens with one attached hydrogen (secondary N) is 4. The van der Waals surface area contributed by atoms with Crippen LogP contribution in [-0.2, 0) is 35.2 Å². The number of carbonyl (C=O) groups is 8. The van der Waals surface area contributed by atoms with Crippen molar-refractivity contribution < 1.29 is 43.5 Å². The lowest BCUT2D eigenvalue weighted by Gasteiger charge is -2.35. The Hall–Kier alpha value is -7.11. The second kappa shape index (κ2) is 22.6. The minimum atomic E-state index is -1.47. The maximum absolute atomic E-state index is 14.7. The zero-order valence-corrected chi connectivity index (χ0v) is 38.9. The Labute approximate surface area is 399 Å². The van der Waals surface area contributed by atoms with Gasteiger partial charge in [0.25, 0.3) is 5.91 Å². The molecule has 6 atom stereocenters. The van der Waals surface area contributed by atoms with E-state index < -0.39 is 77.6 Å². The molecule has 18 heteroatoms. The summed E-state index contributed by atoms with van der Waals surface area (Å²) in [5.41, 5.74) is 14.5. The smallest absolute Gasteiger partial charge is 0.251 e. The van der Waals surface area contributed by atoms with Crippen LogP contribution in [0.1, 0.15) is 90.3 Å². The van der Waals surface area contributed by atoms with E-state index in [1.165, 1.54) is 62.2 Å². The van der Waals surface area contributed by atoms with Gasteiger partial charge in [-0.05, 0) is 129 Å². The zero-order valence-electron chi connectivity index (χ0n) is 38.1. The van der Waals surface area contributed by atoms with Gasteiger partial charge in [0.2, 0.25) is 35.4 Å². The number of rotatable bonds is 14.